The van der Waals surface area contributed by atoms with Crippen LogP contribution in [0.4, 0.5) is 5.82 Å². The second-order valence-corrected chi connectivity index (χ2v) is 5.72. The molecule has 0 aliphatic heterocycles. The van der Waals surface area contributed by atoms with Gasteiger partial charge in [-0.1, -0.05) is 25.4 Å². The third-order valence-corrected chi connectivity index (χ3v) is 4.35. The van der Waals surface area contributed by atoms with E-state index >= 15 is 0 Å². The molecule has 0 saturated heterocycles. The Morgan fingerprint density at radius 2 is 1.94 bits per heavy atom. The number of aliphatic hydroxyl groups excluding tert-OH is 1. The molecule has 0 amide bonds. The number of nitrogens with zero attached hydrogens (tertiary/aromatic N) is 2. The average molecular weight is 256 g/mol. The molecule has 17 heavy (non-hydrogen) atoms. The lowest BCUT2D eigenvalue weighted by Gasteiger charge is -2.49. The number of aliphatic hydroxyl groups is 1. The normalized spacial score (nSPS) is 26.5. The molecular weight excluding hydrogens is 238 g/mol. The molecule has 2 rings (SSSR count). The van der Waals surface area contributed by atoms with Gasteiger partial charge in [-0.15, -0.1) is 10.2 Å². The first-order valence-corrected chi connectivity index (χ1v) is 6.15. The highest BCUT2D eigenvalue weighted by Gasteiger charge is 2.47. The summed E-state index contributed by atoms with van der Waals surface area (Å²) in [6.07, 6.45) is 0.497. The van der Waals surface area contributed by atoms with E-state index in [1.54, 1.807) is 0 Å². The molecule has 1 fully saturated rings. The highest BCUT2D eigenvalue weighted by Crippen LogP contribution is 2.42. The van der Waals surface area contributed by atoms with Crippen molar-refractivity contribution in [3.8, 4) is 0 Å². The Morgan fingerprint density at radius 3 is 2.47 bits per heavy atom. The summed E-state index contributed by atoms with van der Waals surface area (Å²) in [7, 11) is 0. The summed E-state index contributed by atoms with van der Waals surface area (Å²) in [6, 6.07) is 0.228. The third-order valence-electron chi connectivity index (χ3n) is 3.99. The van der Waals surface area contributed by atoms with E-state index in [0.717, 1.165) is 23.4 Å². The van der Waals surface area contributed by atoms with Gasteiger partial charge in [-0.25, -0.2) is 0 Å². The van der Waals surface area contributed by atoms with Crippen molar-refractivity contribution in [2.24, 2.45) is 5.41 Å². The fraction of sp³-hybridized carbons (Fsp3) is 0.667. The molecule has 4 nitrogen and oxygen atoms in total. The Morgan fingerprint density at radius 1 is 1.29 bits per heavy atom. The predicted molar refractivity (Wildman–Crippen MR) is 68.3 cm³/mol. The van der Waals surface area contributed by atoms with Crippen LogP contribution in [0.5, 0.6) is 0 Å². The highest BCUT2D eigenvalue weighted by molar-refractivity contribution is 6.30. The van der Waals surface area contributed by atoms with Crippen molar-refractivity contribution < 1.29 is 5.11 Å². The Balaban J connectivity index is 2.18. The molecule has 0 aromatic carbocycles. The maximum Gasteiger partial charge on any atom is 0.155 e. The maximum absolute atomic E-state index is 9.69. The van der Waals surface area contributed by atoms with Gasteiger partial charge in [0.05, 0.1) is 6.10 Å². The second-order valence-electron chi connectivity index (χ2n) is 5.36. The maximum atomic E-state index is 9.69. The summed E-state index contributed by atoms with van der Waals surface area (Å²) in [5, 5.41) is 21.5. The number of nitrogens with one attached hydrogen (secondary N) is 1. The van der Waals surface area contributed by atoms with Crippen LogP contribution in [0.2, 0.25) is 5.15 Å². The molecule has 5 heteroatoms. The van der Waals surface area contributed by atoms with Gasteiger partial charge in [0, 0.05) is 11.5 Å². The van der Waals surface area contributed by atoms with E-state index < -0.39 is 0 Å². The van der Waals surface area contributed by atoms with E-state index in [4.69, 9.17) is 11.6 Å². The SMILES string of the molecule is Cc1c(Cl)nnc(NC2CC(O)C2(C)C)c1C. The van der Waals surface area contributed by atoms with Crippen LogP contribution in [0.3, 0.4) is 0 Å². The van der Waals surface area contributed by atoms with Gasteiger partial charge in [0.2, 0.25) is 0 Å². The van der Waals surface area contributed by atoms with Gasteiger partial charge in [0.15, 0.2) is 11.0 Å². The first kappa shape index (κ1) is 12.6. The molecule has 1 aromatic rings. The van der Waals surface area contributed by atoms with Crippen LogP contribution in [-0.2, 0) is 0 Å². The summed E-state index contributed by atoms with van der Waals surface area (Å²) in [5.74, 6) is 0.761. The fourth-order valence-electron chi connectivity index (χ4n) is 2.03. The average Bonchev–Trinajstić information content (AvgIpc) is 2.29. The van der Waals surface area contributed by atoms with E-state index in [1.165, 1.54) is 0 Å². The predicted octanol–water partition coefficient (Wildman–Crippen LogP) is 2.32. The number of anilines is 1. The summed E-state index contributed by atoms with van der Waals surface area (Å²) in [6.45, 7) is 7.99. The lowest BCUT2D eigenvalue weighted by Crippen LogP contribution is -2.57. The fourth-order valence-corrected chi connectivity index (χ4v) is 2.21. The standard InChI is InChI=1S/C12H18ClN3O/c1-6-7(2)11(16-15-10(6)13)14-8-5-9(17)12(8,3)4/h8-9,17H,5H2,1-4H3,(H,14,16). The molecule has 1 heterocycles. The van der Waals surface area contributed by atoms with E-state index in [2.05, 4.69) is 15.5 Å². The van der Waals surface area contributed by atoms with Crippen LogP contribution >= 0.6 is 11.6 Å². The van der Waals surface area contributed by atoms with E-state index in [-0.39, 0.29) is 17.6 Å². The van der Waals surface area contributed by atoms with Crippen LogP contribution in [0, 0.1) is 19.3 Å². The molecule has 2 atom stereocenters. The first-order valence-electron chi connectivity index (χ1n) is 5.78. The Labute approximate surface area is 106 Å². The smallest absolute Gasteiger partial charge is 0.155 e. The Kier molecular flexibility index (Phi) is 3.04. The van der Waals surface area contributed by atoms with Crippen LogP contribution in [0.1, 0.15) is 31.4 Å². The second kappa shape index (κ2) is 4.10. The zero-order valence-electron chi connectivity index (χ0n) is 10.6. The molecular formula is C12H18ClN3O. The minimum absolute atomic E-state index is 0.123. The number of rotatable bonds is 2. The lowest BCUT2D eigenvalue weighted by molar-refractivity contribution is -0.0512. The molecule has 0 radical (unpaired) electrons. The molecule has 94 valence electrons. The molecule has 1 aromatic heterocycles. The van der Waals surface area contributed by atoms with Gasteiger partial charge in [0.1, 0.15) is 0 Å². The van der Waals surface area contributed by atoms with Crippen molar-refractivity contribution >= 4 is 17.4 Å². The van der Waals surface area contributed by atoms with Crippen molar-refractivity contribution in [3.05, 3.63) is 16.3 Å². The van der Waals surface area contributed by atoms with E-state index in [1.807, 2.05) is 27.7 Å². The molecule has 2 N–H and O–H groups in total. The molecule has 2 unspecified atom stereocenters. The van der Waals surface area contributed by atoms with Gasteiger partial charge in [0.25, 0.3) is 0 Å². The van der Waals surface area contributed by atoms with Crippen LogP contribution in [0.15, 0.2) is 0 Å². The lowest BCUT2D eigenvalue weighted by atomic mass is 9.64. The summed E-state index contributed by atoms with van der Waals surface area (Å²) in [5.41, 5.74) is 1.84. The van der Waals surface area contributed by atoms with Gasteiger partial charge >= 0.3 is 0 Å². The van der Waals surface area contributed by atoms with Gasteiger partial charge in [-0.05, 0) is 31.4 Å². The van der Waals surface area contributed by atoms with Crippen molar-refractivity contribution in [2.75, 3.05) is 5.32 Å². The number of hydrogen-bond donors (Lipinski definition) is 2. The molecule has 0 bridgehead atoms. The van der Waals surface area contributed by atoms with Gasteiger partial charge in [-0.2, -0.15) is 0 Å². The monoisotopic (exact) mass is 255 g/mol. The van der Waals surface area contributed by atoms with Crippen LogP contribution in [-0.4, -0.2) is 27.4 Å². The first-order chi connectivity index (χ1) is 7.84. The minimum atomic E-state index is -0.248. The minimum Gasteiger partial charge on any atom is -0.392 e. The topological polar surface area (TPSA) is 58.0 Å². The highest BCUT2D eigenvalue weighted by atomic mass is 35.5. The van der Waals surface area contributed by atoms with Crippen LogP contribution < -0.4 is 5.32 Å². The quantitative estimate of drug-likeness (QED) is 0.852. The van der Waals surface area contributed by atoms with Crippen molar-refractivity contribution in [1.82, 2.24) is 10.2 Å². The zero-order valence-corrected chi connectivity index (χ0v) is 11.3. The zero-order chi connectivity index (χ0) is 12.8. The van der Waals surface area contributed by atoms with Gasteiger partial charge in [-0.3, -0.25) is 0 Å². The number of halogens is 1. The van der Waals surface area contributed by atoms with Crippen molar-refractivity contribution in [1.29, 1.82) is 0 Å². The molecule has 1 aliphatic carbocycles. The van der Waals surface area contributed by atoms with E-state index in [0.29, 0.717) is 5.15 Å². The van der Waals surface area contributed by atoms with Crippen LogP contribution in [0.25, 0.3) is 0 Å². The largest absolute Gasteiger partial charge is 0.392 e. The van der Waals surface area contributed by atoms with E-state index in [9.17, 15) is 5.11 Å². The Bertz CT molecular complexity index is 448. The number of aromatic nitrogens is 2. The van der Waals surface area contributed by atoms with Gasteiger partial charge < -0.3 is 10.4 Å². The summed E-state index contributed by atoms with van der Waals surface area (Å²) >= 11 is 5.91. The molecule has 1 aliphatic rings. The Hall–Kier alpha value is -0.870. The number of hydrogen-bond acceptors (Lipinski definition) is 4. The summed E-state index contributed by atoms with van der Waals surface area (Å²) < 4.78 is 0. The third kappa shape index (κ3) is 2.00. The van der Waals surface area contributed by atoms with Crippen molar-refractivity contribution in [3.63, 3.8) is 0 Å². The van der Waals surface area contributed by atoms with Crippen molar-refractivity contribution in [2.45, 2.75) is 46.3 Å². The molecule has 0 spiro atoms. The molecule has 1 saturated carbocycles. The summed E-state index contributed by atoms with van der Waals surface area (Å²) in [4.78, 5) is 0.